The van der Waals surface area contributed by atoms with Crippen molar-refractivity contribution in [3.05, 3.63) is 90.2 Å². The summed E-state index contributed by atoms with van der Waals surface area (Å²) < 4.78 is 47.4. The number of carbonyl (C=O) groups is 2. The van der Waals surface area contributed by atoms with Crippen molar-refractivity contribution in [2.45, 2.75) is 62.6 Å². The van der Waals surface area contributed by atoms with Gasteiger partial charge in [0.1, 0.15) is 24.2 Å². The predicted octanol–water partition coefficient (Wildman–Crippen LogP) is 4.90. The maximum atomic E-state index is 14.1. The Kier molecular flexibility index (Phi) is 9.99. The van der Waals surface area contributed by atoms with Crippen molar-refractivity contribution in [1.29, 1.82) is 0 Å². The average Bonchev–Trinajstić information content (AvgIpc) is 3.49. The Hall–Kier alpha value is -3.92. The first kappa shape index (κ1) is 30.0. The van der Waals surface area contributed by atoms with Gasteiger partial charge < -0.3 is 15.0 Å². The Balaban J connectivity index is 1.69. The topological polar surface area (TPSA) is 96.0 Å². The summed E-state index contributed by atoms with van der Waals surface area (Å²) in [6.45, 7) is 1.38. The van der Waals surface area contributed by atoms with Crippen LogP contribution in [-0.4, -0.2) is 50.9 Å². The lowest BCUT2D eigenvalue weighted by molar-refractivity contribution is -0.140. The smallest absolute Gasteiger partial charge is 0.264 e. The lowest BCUT2D eigenvalue weighted by Crippen LogP contribution is -2.53. The van der Waals surface area contributed by atoms with E-state index in [9.17, 15) is 22.4 Å². The van der Waals surface area contributed by atoms with Gasteiger partial charge in [-0.25, -0.2) is 12.8 Å². The third kappa shape index (κ3) is 7.43. The van der Waals surface area contributed by atoms with Gasteiger partial charge in [0.25, 0.3) is 10.0 Å². The van der Waals surface area contributed by atoms with Gasteiger partial charge in [-0.3, -0.25) is 13.9 Å². The highest BCUT2D eigenvalue weighted by molar-refractivity contribution is 7.92. The van der Waals surface area contributed by atoms with Crippen molar-refractivity contribution >= 4 is 27.5 Å². The number of amides is 2. The van der Waals surface area contributed by atoms with Crippen molar-refractivity contribution in [2.75, 3.05) is 18.0 Å². The van der Waals surface area contributed by atoms with Crippen LogP contribution in [0, 0.1) is 5.82 Å². The molecule has 1 fully saturated rings. The van der Waals surface area contributed by atoms with Gasteiger partial charge in [-0.1, -0.05) is 50.1 Å². The molecule has 1 aliphatic carbocycles. The van der Waals surface area contributed by atoms with Crippen molar-refractivity contribution < 1.29 is 27.1 Å². The van der Waals surface area contributed by atoms with Crippen LogP contribution in [0.5, 0.6) is 5.75 Å². The van der Waals surface area contributed by atoms with E-state index in [4.69, 9.17) is 4.74 Å². The van der Waals surface area contributed by atoms with Gasteiger partial charge in [0, 0.05) is 12.6 Å². The molecule has 1 aliphatic rings. The molecule has 0 bridgehead atoms. The van der Waals surface area contributed by atoms with E-state index >= 15 is 0 Å². The zero-order chi connectivity index (χ0) is 29.4. The molecule has 4 rings (SSSR count). The third-order valence-electron chi connectivity index (χ3n) is 7.32. The second-order valence-corrected chi connectivity index (χ2v) is 11.9. The summed E-state index contributed by atoms with van der Waals surface area (Å²) in [5.74, 6) is -0.716. The molecule has 0 saturated heterocycles. The van der Waals surface area contributed by atoms with Gasteiger partial charge in [0.15, 0.2) is 0 Å². The fraction of sp³-hybridized carbons (Fsp3) is 0.355. The first-order chi connectivity index (χ1) is 19.7. The molecule has 1 saturated carbocycles. The number of rotatable bonds is 12. The van der Waals surface area contributed by atoms with Gasteiger partial charge in [0.05, 0.1) is 17.7 Å². The number of anilines is 1. The van der Waals surface area contributed by atoms with Crippen LogP contribution in [0.3, 0.4) is 0 Å². The number of nitrogens with one attached hydrogen (secondary N) is 1. The summed E-state index contributed by atoms with van der Waals surface area (Å²) >= 11 is 0. The summed E-state index contributed by atoms with van der Waals surface area (Å²) in [6, 6.07) is 19.2. The zero-order valence-electron chi connectivity index (χ0n) is 23.3. The van der Waals surface area contributed by atoms with Gasteiger partial charge in [-0.05, 0) is 73.4 Å². The molecule has 0 spiro atoms. The number of hydrogen-bond donors (Lipinski definition) is 1. The Bertz CT molecular complexity index is 1410. The molecular formula is C31H36FN3O5S. The molecule has 3 aromatic carbocycles. The predicted molar refractivity (Wildman–Crippen MR) is 155 cm³/mol. The molecule has 10 heteroatoms. The molecule has 218 valence electrons. The summed E-state index contributed by atoms with van der Waals surface area (Å²) in [5, 5.41) is 3.10. The highest BCUT2D eigenvalue weighted by Gasteiger charge is 2.34. The number of para-hydroxylation sites is 1. The highest BCUT2D eigenvalue weighted by atomic mass is 32.2. The number of nitrogens with zero attached hydrogens (tertiary/aromatic N) is 2. The van der Waals surface area contributed by atoms with Crippen LogP contribution < -0.4 is 14.4 Å². The number of hydrogen-bond acceptors (Lipinski definition) is 5. The van der Waals surface area contributed by atoms with Gasteiger partial charge in [0.2, 0.25) is 11.8 Å². The first-order valence-electron chi connectivity index (χ1n) is 13.8. The summed E-state index contributed by atoms with van der Waals surface area (Å²) in [6.07, 6.45) is 4.22. The lowest BCUT2D eigenvalue weighted by atomic mass is 10.1. The summed E-state index contributed by atoms with van der Waals surface area (Å²) in [5.41, 5.74) is 1.04. The molecule has 8 nitrogen and oxygen atoms in total. The monoisotopic (exact) mass is 581 g/mol. The first-order valence-corrected chi connectivity index (χ1v) is 15.2. The van der Waals surface area contributed by atoms with E-state index in [1.54, 1.807) is 49.6 Å². The molecular weight excluding hydrogens is 545 g/mol. The standard InChI is InChI=1S/C31H36FN3O5S/c1-3-29(31(37)33-25-9-7-8-10-25)34(21-23-13-17-27(40-2)18-14-23)30(36)22-35(26-11-5-4-6-12-26)41(38,39)28-19-15-24(32)16-20-28/h4-6,11-20,25,29H,3,7-10,21-22H2,1-2H3,(H,33,37). The van der Waals surface area contributed by atoms with Gasteiger partial charge in [-0.2, -0.15) is 0 Å². The van der Waals surface area contributed by atoms with Crippen LogP contribution in [0.1, 0.15) is 44.6 Å². The van der Waals surface area contributed by atoms with Crippen LogP contribution in [0.4, 0.5) is 10.1 Å². The molecule has 0 heterocycles. The fourth-order valence-corrected chi connectivity index (χ4v) is 6.49. The largest absolute Gasteiger partial charge is 0.497 e. The maximum Gasteiger partial charge on any atom is 0.264 e. The normalized spacial score (nSPS) is 14.3. The third-order valence-corrected chi connectivity index (χ3v) is 9.11. The van der Waals surface area contributed by atoms with E-state index in [1.165, 1.54) is 17.0 Å². The van der Waals surface area contributed by atoms with Gasteiger partial charge >= 0.3 is 0 Å². The molecule has 2 amide bonds. The van der Waals surface area contributed by atoms with E-state index in [0.29, 0.717) is 12.2 Å². The van der Waals surface area contributed by atoms with Crippen LogP contribution in [0.15, 0.2) is 83.8 Å². The zero-order valence-corrected chi connectivity index (χ0v) is 24.1. The summed E-state index contributed by atoms with van der Waals surface area (Å²) in [7, 11) is -2.69. The molecule has 0 aliphatic heterocycles. The molecule has 0 aromatic heterocycles. The quantitative estimate of drug-likeness (QED) is 0.329. The van der Waals surface area contributed by atoms with E-state index in [0.717, 1.165) is 47.7 Å². The van der Waals surface area contributed by atoms with Crippen molar-refractivity contribution in [3.8, 4) is 5.75 Å². The van der Waals surface area contributed by atoms with Crippen LogP contribution in [0.2, 0.25) is 0 Å². The molecule has 41 heavy (non-hydrogen) atoms. The highest BCUT2D eigenvalue weighted by Crippen LogP contribution is 2.25. The Morgan fingerprint density at radius 1 is 0.976 bits per heavy atom. The van der Waals surface area contributed by atoms with Crippen LogP contribution in [0.25, 0.3) is 0 Å². The van der Waals surface area contributed by atoms with Crippen molar-refractivity contribution in [2.24, 2.45) is 0 Å². The number of ether oxygens (including phenoxy) is 1. The van der Waals surface area contributed by atoms with Crippen molar-refractivity contribution in [1.82, 2.24) is 10.2 Å². The minimum absolute atomic E-state index is 0.0640. The molecule has 3 aromatic rings. The lowest BCUT2D eigenvalue weighted by Gasteiger charge is -2.33. The maximum absolute atomic E-state index is 14.1. The Morgan fingerprint density at radius 3 is 2.20 bits per heavy atom. The van der Waals surface area contributed by atoms with E-state index < -0.39 is 34.3 Å². The fourth-order valence-electron chi connectivity index (χ4n) is 5.07. The minimum atomic E-state index is -4.25. The minimum Gasteiger partial charge on any atom is -0.497 e. The average molecular weight is 582 g/mol. The second-order valence-electron chi connectivity index (χ2n) is 10.1. The van der Waals surface area contributed by atoms with Crippen LogP contribution >= 0.6 is 0 Å². The Labute approximate surface area is 241 Å². The number of benzene rings is 3. The molecule has 0 radical (unpaired) electrons. The van der Waals surface area contributed by atoms with Gasteiger partial charge in [-0.15, -0.1) is 0 Å². The number of halogens is 1. The van der Waals surface area contributed by atoms with E-state index in [2.05, 4.69) is 5.32 Å². The number of methoxy groups -OCH3 is 1. The molecule has 1 unspecified atom stereocenters. The van der Waals surface area contributed by atoms with Crippen molar-refractivity contribution in [3.63, 3.8) is 0 Å². The van der Waals surface area contributed by atoms with Crippen LogP contribution in [-0.2, 0) is 26.2 Å². The van der Waals surface area contributed by atoms with E-state index in [-0.39, 0.29) is 29.1 Å². The SMILES string of the molecule is CCC(C(=O)NC1CCCC1)N(Cc1ccc(OC)cc1)C(=O)CN(c1ccccc1)S(=O)(=O)c1ccc(F)cc1. The molecule has 1 N–H and O–H groups in total. The number of sulfonamides is 1. The van der Waals surface area contributed by atoms with E-state index in [1.807, 2.05) is 19.1 Å². The summed E-state index contributed by atoms with van der Waals surface area (Å²) in [4.78, 5) is 28.9. The second kappa shape index (κ2) is 13.6. The number of carbonyl (C=O) groups excluding carboxylic acids is 2. The Morgan fingerprint density at radius 2 is 1.61 bits per heavy atom. The molecule has 1 atom stereocenters.